The number of nitrogens with zero attached hydrogens (tertiary/aromatic N) is 1. The number of fused-ring (bicyclic) bond motifs is 1. The number of benzene rings is 1. The largest absolute Gasteiger partial charge is 0.453 e. The van der Waals surface area contributed by atoms with E-state index in [1.807, 2.05) is 5.32 Å². The van der Waals surface area contributed by atoms with Crippen LogP contribution in [0.15, 0.2) is 30.3 Å². The molecule has 10 heteroatoms. The Morgan fingerprint density at radius 2 is 2.07 bits per heavy atom. The summed E-state index contributed by atoms with van der Waals surface area (Å²) in [4.78, 5) is 28.0. The molecule has 1 aromatic carbocycles. The molecule has 3 rings (SSSR count). The molecule has 1 heterocycles. The maximum Gasteiger partial charge on any atom is 0.409 e. The van der Waals surface area contributed by atoms with Gasteiger partial charge in [-0.2, -0.15) is 0 Å². The Hall–Kier alpha value is -2.45. The number of alkyl halides is 2. The normalized spacial score (nSPS) is 20.5. The Balaban J connectivity index is 1.83. The predicted octanol–water partition coefficient (Wildman–Crippen LogP) is 4.60. The number of hydrogen-bond donors (Lipinski definition) is 2. The van der Waals surface area contributed by atoms with Gasteiger partial charge in [0.2, 0.25) is 5.79 Å². The van der Waals surface area contributed by atoms with Gasteiger partial charge in [-0.25, -0.2) is 18.6 Å². The average molecular weight is 444 g/mol. The first-order chi connectivity index (χ1) is 13.7. The van der Waals surface area contributed by atoms with Crippen LogP contribution in [0.5, 0.6) is 0 Å². The van der Waals surface area contributed by atoms with Crippen molar-refractivity contribution in [1.29, 1.82) is 0 Å². The van der Waals surface area contributed by atoms with Gasteiger partial charge in [0.05, 0.1) is 7.11 Å². The van der Waals surface area contributed by atoms with Crippen LogP contribution in [0.3, 0.4) is 0 Å². The van der Waals surface area contributed by atoms with Crippen LogP contribution in [0.4, 0.5) is 13.6 Å². The van der Waals surface area contributed by atoms with Crippen LogP contribution in [0.2, 0.25) is 10.0 Å². The average Bonchev–Trinajstić information content (AvgIpc) is 2.70. The van der Waals surface area contributed by atoms with Crippen molar-refractivity contribution < 1.29 is 23.1 Å². The highest BCUT2D eigenvalue weighted by atomic mass is 35.5. The highest BCUT2D eigenvalue weighted by molar-refractivity contribution is 6.35. The number of methoxy groups -OCH3 is 1. The minimum atomic E-state index is -2.44. The van der Waals surface area contributed by atoms with Crippen molar-refractivity contribution in [1.82, 2.24) is 15.6 Å². The van der Waals surface area contributed by atoms with E-state index in [1.165, 1.54) is 12.1 Å². The van der Waals surface area contributed by atoms with E-state index in [0.29, 0.717) is 15.6 Å². The van der Waals surface area contributed by atoms with Crippen LogP contribution >= 0.6 is 23.2 Å². The minimum absolute atomic E-state index is 0.0209. The number of aromatic nitrogens is 1. The van der Waals surface area contributed by atoms with Gasteiger partial charge >= 0.3 is 6.09 Å². The third kappa shape index (κ3) is 4.59. The van der Waals surface area contributed by atoms with E-state index in [1.54, 1.807) is 18.2 Å². The lowest BCUT2D eigenvalue weighted by Gasteiger charge is -2.32. The molecule has 2 amide bonds. The predicted molar refractivity (Wildman–Crippen MR) is 103 cm³/mol. The van der Waals surface area contributed by atoms with E-state index < -0.39 is 24.0 Å². The number of hydrogen-bond acceptors (Lipinski definition) is 4. The topological polar surface area (TPSA) is 80.3 Å². The number of carbonyl (C=O) groups excluding carboxylic acids is 2. The van der Waals surface area contributed by atoms with Gasteiger partial charge in [-0.1, -0.05) is 35.3 Å². The lowest BCUT2D eigenvalue weighted by atomic mass is 9.88. The maximum atomic E-state index is 15.4. The first-order valence-electron chi connectivity index (χ1n) is 8.66. The number of nitrogens with one attached hydrogen (secondary N) is 2. The van der Waals surface area contributed by atoms with Crippen molar-refractivity contribution in [3.63, 3.8) is 0 Å². The van der Waals surface area contributed by atoms with Gasteiger partial charge in [0, 0.05) is 28.6 Å². The molecule has 2 N–H and O–H groups in total. The van der Waals surface area contributed by atoms with Gasteiger partial charge < -0.3 is 10.1 Å². The summed E-state index contributed by atoms with van der Waals surface area (Å²) in [5, 5.41) is 5.49. The Labute approximate surface area is 175 Å². The van der Waals surface area contributed by atoms with Crippen molar-refractivity contribution in [3.8, 4) is 0 Å². The molecule has 29 heavy (non-hydrogen) atoms. The highest BCUT2D eigenvalue weighted by Crippen LogP contribution is 2.42. The molecular formula is C19H17Cl2F2N3O3. The molecule has 0 saturated carbocycles. The van der Waals surface area contributed by atoms with E-state index in [4.69, 9.17) is 23.2 Å². The number of ether oxygens (including phenoxy) is 1. The zero-order valence-electron chi connectivity index (χ0n) is 15.3. The second kappa shape index (κ2) is 8.51. The molecule has 0 aliphatic heterocycles. The van der Waals surface area contributed by atoms with Crippen LogP contribution in [0, 0.1) is 0 Å². The van der Waals surface area contributed by atoms with E-state index in [-0.39, 0.29) is 36.3 Å². The summed E-state index contributed by atoms with van der Waals surface area (Å²) >= 11 is 11.9. The quantitative estimate of drug-likeness (QED) is 0.676. The molecular weight excluding hydrogens is 427 g/mol. The van der Waals surface area contributed by atoms with Crippen molar-refractivity contribution in [2.24, 2.45) is 0 Å². The first-order valence-corrected chi connectivity index (χ1v) is 9.42. The third-order valence-electron chi connectivity index (χ3n) is 4.55. The van der Waals surface area contributed by atoms with E-state index in [0.717, 1.165) is 7.11 Å². The summed E-state index contributed by atoms with van der Waals surface area (Å²) in [6.07, 6.45) is -2.96. The zero-order valence-corrected chi connectivity index (χ0v) is 16.8. The Bertz CT molecular complexity index is 960. The van der Waals surface area contributed by atoms with Crippen LogP contribution in [-0.4, -0.2) is 24.1 Å². The number of amides is 2. The highest BCUT2D eigenvalue weighted by Gasteiger charge is 2.44. The number of pyridine rings is 1. The molecule has 0 spiro atoms. The fourth-order valence-corrected chi connectivity index (χ4v) is 3.51. The molecule has 1 aliphatic carbocycles. The summed E-state index contributed by atoms with van der Waals surface area (Å²) in [6.45, 7) is 0.0838. The second-order valence-electron chi connectivity index (χ2n) is 6.48. The van der Waals surface area contributed by atoms with Crippen LogP contribution < -0.4 is 10.6 Å². The van der Waals surface area contributed by atoms with Gasteiger partial charge in [-0.05, 0) is 30.2 Å². The molecule has 0 bridgehead atoms. The van der Waals surface area contributed by atoms with Crippen LogP contribution in [0.1, 0.15) is 46.3 Å². The molecule has 0 radical (unpaired) electrons. The molecule has 0 fully saturated rings. The molecule has 1 aliphatic rings. The van der Waals surface area contributed by atoms with Crippen LogP contribution in [0.25, 0.3) is 0 Å². The first kappa shape index (κ1) is 21.3. The monoisotopic (exact) mass is 443 g/mol. The zero-order chi connectivity index (χ0) is 21.2. The minimum Gasteiger partial charge on any atom is -0.453 e. The summed E-state index contributed by atoms with van der Waals surface area (Å²) < 4.78 is 34.0. The fourth-order valence-electron chi connectivity index (χ4n) is 3.03. The van der Waals surface area contributed by atoms with E-state index in [9.17, 15) is 14.0 Å². The molecule has 6 nitrogen and oxygen atoms in total. The summed E-state index contributed by atoms with van der Waals surface area (Å²) in [7, 11) is 1.08. The van der Waals surface area contributed by atoms with Gasteiger partial charge in [-0.3, -0.25) is 10.1 Å². The van der Waals surface area contributed by atoms with E-state index >= 15 is 4.39 Å². The maximum absolute atomic E-state index is 15.4. The van der Waals surface area contributed by atoms with E-state index in [2.05, 4.69) is 15.0 Å². The number of carbonyl (C=O) groups is 2. The summed E-state index contributed by atoms with van der Waals surface area (Å²) in [6, 6.07) is 7.42. The fraction of sp³-hybridized carbons (Fsp3) is 0.316. The lowest BCUT2D eigenvalue weighted by Crippen LogP contribution is -2.46. The van der Waals surface area contributed by atoms with Gasteiger partial charge in [-0.15, -0.1) is 0 Å². The number of rotatable bonds is 4. The van der Waals surface area contributed by atoms with Gasteiger partial charge in [0.15, 0.2) is 0 Å². The Kier molecular flexibility index (Phi) is 6.24. The standard InChI is InChI=1S/C19H17Cl2F2N3O3/c1-29-18(28)26-19(23)7-6-14(22)12-4-5-15(25-16(12)19)17(27)24-9-10-2-3-11(20)8-13(10)21/h2-5,8,14H,6-7,9H2,1H3,(H,24,27)(H,26,28). The smallest absolute Gasteiger partial charge is 0.409 e. The summed E-state index contributed by atoms with van der Waals surface area (Å²) in [5.74, 6) is -3.05. The molecule has 0 saturated heterocycles. The van der Waals surface area contributed by atoms with Crippen molar-refractivity contribution in [2.75, 3.05) is 7.11 Å². The number of halogens is 4. The second-order valence-corrected chi connectivity index (χ2v) is 7.32. The molecule has 154 valence electrons. The Morgan fingerprint density at radius 1 is 1.31 bits per heavy atom. The SMILES string of the molecule is COC(=O)NC1(F)CCC(F)c2ccc(C(=O)NCc3ccc(Cl)cc3Cl)nc21. The lowest BCUT2D eigenvalue weighted by molar-refractivity contribution is 0.0568. The van der Waals surface area contributed by atoms with Crippen molar-refractivity contribution in [3.05, 3.63) is 62.9 Å². The van der Waals surface area contributed by atoms with Crippen molar-refractivity contribution >= 4 is 35.2 Å². The Morgan fingerprint density at radius 3 is 2.76 bits per heavy atom. The van der Waals surface area contributed by atoms with Gasteiger partial charge in [0.25, 0.3) is 5.91 Å². The van der Waals surface area contributed by atoms with Crippen LogP contribution in [-0.2, 0) is 17.1 Å². The summed E-state index contributed by atoms with van der Waals surface area (Å²) in [5.41, 5.74) is 0.126. The third-order valence-corrected chi connectivity index (χ3v) is 5.14. The molecule has 1 aromatic heterocycles. The van der Waals surface area contributed by atoms with Gasteiger partial charge in [0.1, 0.15) is 17.6 Å². The van der Waals surface area contributed by atoms with Crippen molar-refractivity contribution in [2.45, 2.75) is 31.4 Å². The molecule has 2 unspecified atom stereocenters. The molecule has 2 aromatic rings. The molecule has 2 atom stereocenters. The number of alkyl carbamates (subject to hydrolysis) is 1.